The number of nitriles is 1. The number of hydrogen-bond acceptors (Lipinski definition) is 7. The minimum atomic E-state index is -5.81. The van der Waals surface area contributed by atoms with Gasteiger partial charge in [0.1, 0.15) is 23.2 Å². The molecule has 0 aromatic rings. The molecule has 0 amide bonds. The van der Waals surface area contributed by atoms with Crippen molar-refractivity contribution in [3.63, 3.8) is 0 Å². The van der Waals surface area contributed by atoms with Crippen LogP contribution in [0, 0.1) is 16.7 Å². The predicted molar refractivity (Wildman–Crippen MR) is 107 cm³/mol. The van der Waals surface area contributed by atoms with E-state index in [1.807, 2.05) is 10.8 Å². The first-order valence-corrected chi connectivity index (χ1v) is 10.3. The molecule has 1 fully saturated rings. The van der Waals surface area contributed by atoms with E-state index < -0.39 is 21.2 Å². The van der Waals surface area contributed by atoms with Crippen LogP contribution in [-0.4, -0.2) is 72.8 Å². The molecule has 31 heavy (non-hydrogen) atoms. The van der Waals surface area contributed by atoms with Crippen LogP contribution in [-0.2, 0) is 10.0 Å². The molecule has 0 saturated carbocycles. The Labute approximate surface area is 175 Å². The Morgan fingerprint density at radius 2 is 1.87 bits per heavy atom. The summed E-state index contributed by atoms with van der Waals surface area (Å²) in [6.07, 6.45) is 5.90. The maximum absolute atomic E-state index is 12.9. The number of allylic oxidation sites excluding steroid dienone is 4. The molecule has 3 rings (SSSR count). The van der Waals surface area contributed by atoms with Gasteiger partial charge >= 0.3 is 15.5 Å². The van der Waals surface area contributed by atoms with Gasteiger partial charge < -0.3 is 9.80 Å². The molecule has 0 aromatic carbocycles. The average molecular weight is 452 g/mol. The number of nitrogens with zero attached hydrogens (tertiary/aromatic N) is 7. The van der Waals surface area contributed by atoms with Gasteiger partial charge in [-0.1, -0.05) is 0 Å². The van der Waals surface area contributed by atoms with Gasteiger partial charge in [0.25, 0.3) is 5.96 Å². The van der Waals surface area contributed by atoms with Gasteiger partial charge in [0.15, 0.2) is 5.71 Å². The Morgan fingerprint density at radius 1 is 1.19 bits per heavy atom. The van der Waals surface area contributed by atoms with Crippen LogP contribution in [0.2, 0.25) is 0 Å². The fourth-order valence-electron chi connectivity index (χ4n) is 2.92. The quantitative estimate of drug-likeness (QED) is 0.394. The van der Waals surface area contributed by atoms with E-state index in [9.17, 15) is 21.6 Å². The molecule has 162 valence electrons. The van der Waals surface area contributed by atoms with Gasteiger partial charge in [0.2, 0.25) is 0 Å². The molecule has 1 N–H and O–H groups in total. The maximum atomic E-state index is 12.9. The maximum Gasteiger partial charge on any atom is 0.518 e. The third kappa shape index (κ3) is 4.47. The summed E-state index contributed by atoms with van der Waals surface area (Å²) in [4.78, 5) is 6.99. The van der Waals surface area contributed by atoms with Gasteiger partial charge in [0.05, 0.1) is 0 Å². The average Bonchev–Trinajstić information content (AvgIpc) is 3.34. The van der Waals surface area contributed by atoms with E-state index in [0.29, 0.717) is 18.8 Å². The molecule has 14 heteroatoms. The lowest BCUT2D eigenvalue weighted by Gasteiger charge is -2.21. The third-order valence-corrected chi connectivity index (χ3v) is 5.51. The number of sulfonamides is 1. The van der Waals surface area contributed by atoms with Gasteiger partial charge in [-0.25, -0.2) is 0 Å². The van der Waals surface area contributed by atoms with E-state index in [1.54, 1.807) is 12.1 Å². The number of alkyl halides is 3. The molecular formula is C17H15F3N8O2S. The minimum Gasteiger partial charge on any atom is -0.371 e. The second-order valence-electron chi connectivity index (χ2n) is 6.48. The molecule has 0 unspecified atom stereocenters. The largest absolute Gasteiger partial charge is 0.518 e. The van der Waals surface area contributed by atoms with E-state index >= 15 is 0 Å². The summed E-state index contributed by atoms with van der Waals surface area (Å²) < 4.78 is 64.7. The summed E-state index contributed by atoms with van der Waals surface area (Å²) >= 11 is 0. The van der Waals surface area contributed by atoms with Crippen LogP contribution >= 0.6 is 0 Å². The Hall–Kier alpha value is -3.56. The fourth-order valence-corrected chi connectivity index (χ4v) is 3.43. The first-order valence-electron chi connectivity index (χ1n) is 8.82. The lowest BCUT2D eigenvalue weighted by molar-refractivity contribution is -0.0435. The number of aliphatic imine (C=N–C) groups is 1. The van der Waals surface area contributed by atoms with Crippen molar-refractivity contribution < 1.29 is 21.6 Å². The zero-order valence-corrected chi connectivity index (χ0v) is 16.9. The molecule has 0 aromatic heterocycles. The molecule has 3 aliphatic rings. The van der Waals surface area contributed by atoms with Crippen LogP contribution in [0.15, 0.2) is 49.2 Å². The van der Waals surface area contributed by atoms with Gasteiger partial charge in [-0.15, -0.1) is 10.2 Å². The summed E-state index contributed by atoms with van der Waals surface area (Å²) in [5.41, 5.74) is -5.93. The molecule has 0 bridgehead atoms. The van der Waals surface area contributed by atoms with Crippen molar-refractivity contribution in [1.29, 1.82) is 10.7 Å². The van der Waals surface area contributed by atoms with E-state index in [4.69, 9.17) is 10.7 Å². The van der Waals surface area contributed by atoms with Gasteiger partial charge in [-0.3, -0.25) is 5.41 Å². The minimum absolute atomic E-state index is 0.0328. The van der Waals surface area contributed by atoms with Gasteiger partial charge in [-0.05, 0) is 31.1 Å². The first kappa shape index (κ1) is 22.1. The number of hydrogen-bond donors (Lipinski definition) is 1. The molecule has 2 heterocycles. The van der Waals surface area contributed by atoms with Crippen molar-refractivity contribution in [1.82, 2.24) is 9.80 Å². The highest BCUT2D eigenvalue weighted by Crippen LogP contribution is 2.26. The molecular weight excluding hydrogens is 437 g/mol. The van der Waals surface area contributed by atoms with Crippen molar-refractivity contribution >= 4 is 39.0 Å². The normalized spacial score (nSPS) is 23.5. The zero-order valence-electron chi connectivity index (χ0n) is 16.0. The Morgan fingerprint density at radius 3 is 2.42 bits per heavy atom. The van der Waals surface area contributed by atoms with Gasteiger partial charge in [-0.2, -0.15) is 36.2 Å². The van der Waals surface area contributed by atoms with Crippen LogP contribution in [0.5, 0.6) is 0 Å². The van der Waals surface area contributed by atoms with Crippen molar-refractivity contribution in [3.05, 3.63) is 29.6 Å². The molecule has 0 spiro atoms. The molecule has 1 aliphatic carbocycles. The lowest BCUT2D eigenvalue weighted by atomic mass is 10.1. The van der Waals surface area contributed by atoms with Crippen LogP contribution in [0.3, 0.4) is 0 Å². The van der Waals surface area contributed by atoms with Crippen molar-refractivity contribution in [2.75, 3.05) is 20.1 Å². The fraction of sp³-hybridized carbons (Fsp3) is 0.353. The summed E-state index contributed by atoms with van der Waals surface area (Å²) in [5, 5.41) is 23.8. The van der Waals surface area contributed by atoms with E-state index in [-0.39, 0.29) is 23.1 Å². The second kappa shape index (κ2) is 8.29. The predicted octanol–water partition coefficient (Wildman–Crippen LogP) is 1.58. The second-order valence-corrected chi connectivity index (χ2v) is 8.08. The number of likely N-dealkylation sites (tertiary alicyclic amines) is 1. The summed E-state index contributed by atoms with van der Waals surface area (Å²) in [6, 6.07) is 1.76. The molecule has 10 nitrogen and oxygen atoms in total. The number of nitrogens with one attached hydrogen (secondary N) is 1. The van der Waals surface area contributed by atoms with Crippen molar-refractivity contribution in [3.8, 4) is 6.07 Å². The molecule has 2 aliphatic heterocycles. The summed E-state index contributed by atoms with van der Waals surface area (Å²) in [7, 11) is -4.37. The Kier molecular flexibility index (Phi) is 5.92. The molecule has 1 saturated heterocycles. The summed E-state index contributed by atoms with van der Waals surface area (Å²) in [6.45, 7) is 1.36. The van der Waals surface area contributed by atoms with Crippen LogP contribution in [0.4, 0.5) is 13.2 Å². The van der Waals surface area contributed by atoms with Crippen molar-refractivity contribution in [2.24, 2.45) is 19.6 Å². The summed E-state index contributed by atoms with van der Waals surface area (Å²) in [5.74, 6) is 1.90. The van der Waals surface area contributed by atoms with Crippen LogP contribution < -0.4 is 0 Å². The van der Waals surface area contributed by atoms with Gasteiger partial charge in [0, 0.05) is 31.7 Å². The number of halogens is 3. The SMILES string of the molecule is CN1C(=C=N)C(C#N)=NC1=NN=C1C=CC(N2CCCC2)=C/C1=N\S(=O)(=O)C(F)(F)F. The highest BCUT2D eigenvalue weighted by Gasteiger charge is 2.46. The standard InChI is InChI=1S/C17H15F3N8O2S/c1-27-15(10-22)14(9-21)23-16(27)25-24-12-5-4-11(28-6-2-3-7-28)8-13(12)26-31(29,30)17(18,19)20/h4-5,8,22H,2-3,6-7H2,1H3/b24-12?,25-16?,26-13+. The third-order valence-electron chi connectivity index (χ3n) is 4.48. The number of rotatable bonds is 3. The van der Waals surface area contributed by atoms with E-state index in [1.165, 1.54) is 24.1 Å². The van der Waals surface area contributed by atoms with Crippen molar-refractivity contribution in [2.45, 2.75) is 18.3 Å². The lowest BCUT2D eigenvalue weighted by Crippen LogP contribution is -2.27. The number of guanidine groups is 1. The van der Waals surface area contributed by atoms with Crippen LogP contribution in [0.25, 0.3) is 0 Å². The van der Waals surface area contributed by atoms with E-state index in [2.05, 4.69) is 19.6 Å². The first-order chi connectivity index (χ1) is 14.6. The topological polar surface area (TPSA) is 138 Å². The Balaban J connectivity index is 2.05. The smallest absolute Gasteiger partial charge is 0.371 e. The molecule has 0 radical (unpaired) electrons. The highest BCUT2D eigenvalue weighted by molar-refractivity contribution is 7.91. The molecule has 0 atom stereocenters. The monoisotopic (exact) mass is 452 g/mol. The zero-order chi connectivity index (χ0) is 22.8. The Bertz CT molecular complexity index is 1170. The highest BCUT2D eigenvalue weighted by atomic mass is 32.2. The van der Waals surface area contributed by atoms with Crippen LogP contribution in [0.1, 0.15) is 12.8 Å². The van der Waals surface area contributed by atoms with E-state index in [0.717, 1.165) is 12.8 Å².